The van der Waals surface area contributed by atoms with Crippen LogP contribution in [-0.4, -0.2) is 55.6 Å². The highest BCUT2D eigenvalue weighted by Crippen LogP contribution is 2.31. The van der Waals surface area contributed by atoms with Gasteiger partial charge in [-0.3, -0.25) is 0 Å². The summed E-state index contributed by atoms with van der Waals surface area (Å²) in [7, 11) is 1.97. The molecule has 3 N–H and O–H groups in total. The van der Waals surface area contributed by atoms with E-state index >= 15 is 0 Å². The summed E-state index contributed by atoms with van der Waals surface area (Å²) < 4.78 is 5.55. The molecule has 0 atom stereocenters. The summed E-state index contributed by atoms with van der Waals surface area (Å²) >= 11 is 1.75. The number of hydrogen-bond donors (Lipinski definition) is 3. The summed E-state index contributed by atoms with van der Waals surface area (Å²) in [6.45, 7) is 6.39. The first kappa shape index (κ1) is 24.7. The van der Waals surface area contributed by atoms with E-state index in [1.807, 2.05) is 7.05 Å². The van der Waals surface area contributed by atoms with Crippen LogP contribution in [0.2, 0.25) is 0 Å². The molecule has 1 fully saturated rings. The van der Waals surface area contributed by atoms with Gasteiger partial charge in [-0.05, 0) is 56.8 Å². The van der Waals surface area contributed by atoms with E-state index in [0.29, 0.717) is 6.04 Å². The van der Waals surface area contributed by atoms with Crippen LogP contribution in [0.15, 0.2) is 53.4 Å². The van der Waals surface area contributed by atoms with E-state index in [1.165, 1.54) is 10.5 Å². The third-order valence-corrected chi connectivity index (χ3v) is 6.88. The highest BCUT2D eigenvalue weighted by Gasteiger charge is 2.19. The molecule has 34 heavy (non-hydrogen) atoms. The Bertz CT molecular complexity index is 1070. The molecule has 1 saturated heterocycles. The predicted molar refractivity (Wildman–Crippen MR) is 143 cm³/mol. The molecule has 0 bridgehead atoms. The van der Waals surface area contributed by atoms with Gasteiger partial charge in [0.25, 0.3) is 0 Å². The average molecular weight is 478 g/mol. The topological polar surface area (TPSA) is 71.1 Å². The molecule has 3 aromatic rings. The third kappa shape index (κ3) is 6.36. The summed E-state index contributed by atoms with van der Waals surface area (Å²) in [6.07, 6.45) is 4.08. The summed E-state index contributed by atoms with van der Waals surface area (Å²) in [5.74, 6) is 1.67. The maximum absolute atomic E-state index is 5.55. The quantitative estimate of drug-likeness (QED) is 0.288. The van der Waals surface area contributed by atoms with Crippen LogP contribution in [0.3, 0.4) is 0 Å². The molecule has 2 heterocycles. The molecule has 180 valence electrons. The molecule has 0 aliphatic carbocycles. The molecule has 4 rings (SSSR count). The minimum atomic E-state index is 0.365. The van der Waals surface area contributed by atoms with E-state index in [9.17, 15) is 0 Å². The van der Waals surface area contributed by atoms with Crippen LogP contribution in [0.4, 0.5) is 5.82 Å². The first-order valence-electron chi connectivity index (χ1n) is 12.0. The number of anilines is 1. The van der Waals surface area contributed by atoms with Crippen LogP contribution in [-0.2, 0) is 11.3 Å². The van der Waals surface area contributed by atoms with Crippen molar-refractivity contribution in [2.75, 3.05) is 44.9 Å². The summed E-state index contributed by atoms with van der Waals surface area (Å²) in [6, 6.07) is 17.5. The van der Waals surface area contributed by atoms with Gasteiger partial charge < -0.3 is 20.7 Å². The second-order valence-corrected chi connectivity index (χ2v) is 9.49. The number of aromatic nitrogens is 2. The molecule has 0 unspecified atom stereocenters. The highest BCUT2D eigenvalue weighted by atomic mass is 32.2. The second kappa shape index (κ2) is 12.3. The lowest BCUT2D eigenvalue weighted by Gasteiger charge is -2.25. The molecule has 7 heteroatoms. The summed E-state index contributed by atoms with van der Waals surface area (Å²) in [4.78, 5) is 11.3. The van der Waals surface area contributed by atoms with Crippen LogP contribution in [0, 0.1) is 6.92 Å². The Hall–Kier alpha value is -2.45. The Labute approximate surface area is 207 Å². The van der Waals surface area contributed by atoms with Gasteiger partial charge in [0.05, 0.1) is 5.69 Å². The molecule has 0 saturated carbocycles. The fraction of sp³-hybridized carbons (Fsp3) is 0.407. The number of hydrogen-bond acceptors (Lipinski definition) is 7. The van der Waals surface area contributed by atoms with Gasteiger partial charge in [-0.2, -0.15) is 0 Å². The van der Waals surface area contributed by atoms with Gasteiger partial charge in [0.1, 0.15) is 5.82 Å². The fourth-order valence-corrected chi connectivity index (χ4v) is 4.53. The van der Waals surface area contributed by atoms with Gasteiger partial charge >= 0.3 is 0 Å². The van der Waals surface area contributed by atoms with Crippen molar-refractivity contribution >= 4 is 17.6 Å². The van der Waals surface area contributed by atoms with Gasteiger partial charge in [-0.15, -0.1) is 11.8 Å². The van der Waals surface area contributed by atoms with Crippen molar-refractivity contribution in [2.24, 2.45) is 0 Å². The number of likely N-dealkylation sites (N-methyl/N-ethyl adjacent to an activating group) is 1. The van der Waals surface area contributed by atoms with Gasteiger partial charge in [-0.1, -0.05) is 30.3 Å². The van der Waals surface area contributed by atoms with Crippen molar-refractivity contribution in [3.05, 3.63) is 59.7 Å². The highest BCUT2D eigenvalue weighted by molar-refractivity contribution is 7.98. The first-order valence-corrected chi connectivity index (χ1v) is 13.2. The molecular weight excluding hydrogens is 442 g/mol. The number of nitrogens with one attached hydrogen (secondary N) is 3. The van der Waals surface area contributed by atoms with Crippen molar-refractivity contribution in [3.63, 3.8) is 0 Å². The van der Waals surface area contributed by atoms with Crippen LogP contribution in [0.1, 0.15) is 24.0 Å². The van der Waals surface area contributed by atoms with Crippen LogP contribution in [0.25, 0.3) is 22.6 Å². The van der Waals surface area contributed by atoms with E-state index < -0.39 is 0 Å². The van der Waals surface area contributed by atoms with Crippen LogP contribution < -0.4 is 16.0 Å². The van der Waals surface area contributed by atoms with E-state index in [0.717, 1.165) is 79.7 Å². The number of nitrogens with zero attached hydrogens (tertiary/aromatic N) is 2. The lowest BCUT2D eigenvalue weighted by molar-refractivity contribution is 0.0904. The predicted octanol–water partition coefficient (Wildman–Crippen LogP) is 4.74. The van der Waals surface area contributed by atoms with Gasteiger partial charge in [-0.25, -0.2) is 9.97 Å². The van der Waals surface area contributed by atoms with Crippen molar-refractivity contribution in [1.29, 1.82) is 0 Å². The molecule has 1 aromatic heterocycles. The van der Waals surface area contributed by atoms with E-state index in [-0.39, 0.29) is 0 Å². The van der Waals surface area contributed by atoms with E-state index in [2.05, 4.69) is 77.7 Å². The smallest absolute Gasteiger partial charge is 0.162 e. The SMILES string of the molecule is CNCCNCc1cccc(-c2nc(NC3CCOCC3)c(C)c(-c3ccc(SC)cc3)n2)c1. The average Bonchev–Trinajstić information content (AvgIpc) is 2.89. The molecule has 6 nitrogen and oxygen atoms in total. The van der Waals surface area contributed by atoms with Crippen molar-refractivity contribution in [1.82, 2.24) is 20.6 Å². The Morgan fingerprint density at radius 3 is 2.53 bits per heavy atom. The molecule has 0 spiro atoms. The van der Waals surface area contributed by atoms with E-state index in [1.54, 1.807) is 11.8 Å². The molecule has 1 aliphatic heterocycles. The molecule has 0 amide bonds. The van der Waals surface area contributed by atoms with Crippen LogP contribution in [0.5, 0.6) is 0 Å². The zero-order valence-electron chi connectivity index (χ0n) is 20.4. The normalized spacial score (nSPS) is 14.3. The van der Waals surface area contributed by atoms with Gasteiger partial charge in [0.15, 0.2) is 5.82 Å². The number of rotatable bonds is 10. The largest absolute Gasteiger partial charge is 0.381 e. The Morgan fingerprint density at radius 1 is 1.00 bits per heavy atom. The zero-order chi connectivity index (χ0) is 23.8. The molecule has 1 aliphatic rings. The molecule has 0 radical (unpaired) electrons. The Morgan fingerprint density at radius 2 is 1.79 bits per heavy atom. The maximum atomic E-state index is 5.55. The fourth-order valence-electron chi connectivity index (χ4n) is 4.12. The lowest BCUT2D eigenvalue weighted by atomic mass is 10.0. The third-order valence-electron chi connectivity index (χ3n) is 6.14. The van der Waals surface area contributed by atoms with Crippen molar-refractivity contribution < 1.29 is 4.74 Å². The van der Waals surface area contributed by atoms with Gasteiger partial charge in [0, 0.05) is 60.5 Å². The minimum Gasteiger partial charge on any atom is -0.381 e. The molecular formula is C27H35N5OS. The van der Waals surface area contributed by atoms with Crippen molar-refractivity contribution in [2.45, 2.75) is 37.2 Å². The lowest BCUT2D eigenvalue weighted by Crippen LogP contribution is -2.28. The minimum absolute atomic E-state index is 0.365. The summed E-state index contributed by atoms with van der Waals surface area (Å²) in [5.41, 5.74) is 5.42. The monoisotopic (exact) mass is 477 g/mol. The number of thioether (sulfide) groups is 1. The standard InChI is InChI=1S/C27H35N5OS/c1-19-25(21-7-9-24(34-3)10-8-21)31-27(32-26(19)30-23-11-15-33-16-12-23)22-6-4-5-20(17-22)18-29-14-13-28-2/h4-10,17,23,28-29H,11-16,18H2,1-3H3,(H,30,31,32). The molecule has 2 aromatic carbocycles. The Kier molecular flexibility index (Phi) is 8.93. The van der Waals surface area contributed by atoms with Gasteiger partial charge in [0.2, 0.25) is 0 Å². The van der Waals surface area contributed by atoms with Crippen LogP contribution >= 0.6 is 11.8 Å². The number of benzene rings is 2. The maximum Gasteiger partial charge on any atom is 0.162 e. The number of ether oxygens (including phenoxy) is 1. The Balaban J connectivity index is 1.69. The summed E-state index contributed by atoms with van der Waals surface area (Å²) in [5, 5.41) is 10.3. The second-order valence-electron chi connectivity index (χ2n) is 8.61. The van der Waals surface area contributed by atoms with E-state index in [4.69, 9.17) is 14.7 Å². The first-order chi connectivity index (χ1) is 16.7. The zero-order valence-corrected chi connectivity index (χ0v) is 21.2. The van der Waals surface area contributed by atoms with Crippen molar-refractivity contribution in [3.8, 4) is 22.6 Å².